The minimum absolute atomic E-state index is 0.242. The van der Waals surface area contributed by atoms with Crippen LogP contribution in [0.2, 0.25) is 0 Å². The Morgan fingerprint density at radius 2 is 1.96 bits per heavy atom. The third-order valence-electron chi connectivity index (χ3n) is 4.19. The Morgan fingerprint density at radius 3 is 2.63 bits per heavy atom. The first-order valence-electron chi connectivity index (χ1n) is 8.63. The number of ether oxygens (including phenoxy) is 1. The van der Waals surface area contributed by atoms with Gasteiger partial charge in [0.1, 0.15) is 18.2 Å². The number of aryl methyl sites for hydroxylation is 1. The number of nitrogens with zero attached hydrogens (tertiary/aromatic N) is 3. The molecule has 0 N–H and O–H groups in total. The van der Waals surface area contributed by atoms with Gasteiger partial charge >= 0.3 is 0 Å². The second-order valence-corrected chi connectivity index (χ2v) is 9.76. The highest BCUT2D eigenvalue weighted by molar-refractivity contribution is 14.1. The lowest BCUT2D eigenvalue weighted by atomic mass is 10.3. The van der Waals surface area contributed by atoms with E-state index < -0.39 is 10.0 Å². The van der Waals surface area contributed by atoms with Crippen LogP contribution in [0.4, 0.5) is 0 Å². The lowest BCUT2D eigenvalue weighted by molar-refractivity contribution is 0.290. The summed E-state index contributed by atoms with van der Waals surface area (Å²) >= 11 is 2.25. The molecule has 3 rings (SSSR count). The summed E-state index contributed by atoms with van der Waals surface area (Å²) in [6.45, 7) is 3.22. The molecule has 8 heteroatoms. The molecule has 3 aromatic rings. The van der Waals surface area contributed by atoms with Crippen LogP contribution < -0.4 is 4.74 Å². The molecule has 0 aliphatic rings. The summed E-state index contributed by atoms with van der Waals surface area (Å²) in [7, 11) is -0.445. The molecule has 0 amide bonds. The van der Waals surface area contributed by atoms with Gasteiger partial charge in [-0.3, -0.25) is 0 Å². The lowest BCUT2D eigenvalue weighted by Gasteiger charge is -2.11. The van der Waals surface area contributed by atoms with Crippen LogP contribution in [0.3, 0.4) is 0 Å². The van der Waals surface area contributed by atoms with E-state index in [0.29, 0.717) is 12.1 Å². The summed E-state index contributed by atoms with van der Waals surface area (Å²) in [6.07, 6.45) is 0.944. The van der Waals surface area contributed by atoms with Crippen LogP contribution in [-0.2, 0) is 23.2 Å². The SMILES string of the molecule is CCCn1c(COc2cccc(I)c2)nc2cc(S(=O)(=O)N(C)C)ccc21. The minimum atomic E-state index is -3.49. The van der Waals surface area contributed by atoms with E-state index in [0.717, 1.165) is 33.6 Å². The molecule has 0 fully saturated rings. The summed E-state index contributed by atoms with van der Waals surface area (Å²) in [5.74, 6) is 1.57. The highest BCUT2D eigenvalue weighted by atomic mass is 127. The van der Waals surface area contributed by atoms with E-state index in [9.17, 15) is 8.42 Å². The predicted octanol–water partition coefficient (Wildman–Crippen LogP) is 3.88. The molecule has 2 aromatic carbocycles. The maximum atomic E-state index is 12.4. The molecule has 0 aliphatic carbocycles. The van der Waals surface area contributed by atoms with Crippen molar-refractivity contribution in [2.75, 3.05) is 14.1 Å². The average Bonchev–Trinajstić information content (AvgIpc) is 2.97. The van der Waals surface area contributed by atoms with Crippen molar-refractivity contribution < 1.29 is 13.2 Å². The lowest BCUT2D eigenvalue weighted by Crippen LogP contribution is -2.22. The van der Waals surface area contributed by atoms with Crippen molar-refractivity contribution in [3.05, 3.63) is 51.9 Å². The molecular formula is C19H22IN3O3S. The van der Waals surface area contributed by atoms with Crippen LogP contribution in [0.5, 0.6) is 5.75 Å². The monoisotopic (exact) mass is 499 g/mol. The zero-order valence-electron chi connectivity index (χ0n) is 15.5. The third-order valence-corrected chi connectivity index (χ3v) is 6.67. The van der Waals surface area contributed by atoms with E-state index in [1.165, 1.54) is 18.4 Å². The van der Waals surface area contributed by atoms with Crippen molar-refractivity contribution in [3.63, 3.8) is 0 Å². The molecule has 0 aliphatic heterocycles. The van der Waals surface area contributed by atoms with Crippen molar-refractivity contribution in [2.24, 2.45) is 0 Å². The summed E-state index contributed by atoms with van der Waals surface area (Å²) in [5.41, 5.74) is 1.57. The quantitative estimate of drug-likeness (QED) is 0.463. The fourth-order valence-electron chi connectivity index (χ4n) is 2.82. The molecule has 0 bridgehead atoms. The number of halogens is 1. The van der Waals surface area contributed by atoms with E-state index in [-0.39, 0.29) is 4.90 Å². The highest BCUT2D eigenvalue weighted by Crippen LogP contribution is 2.24. The van der Waals surface area contributed by atoms with Crippen LogP contribution in [0.25, 0.3) is 11.0 Å². The highest BCUT2D eigenvalue weighted by Gasteiger charge is 2.19. The van der Waals surface area contributed by atoms with Gasteiger partial charge in [-0.25, -0.2) is 17.7 Å². The molecule has 1 heterocycles. The zero-order valence-corrected chi connectivity index (χ0v) is 18.5. The van der Waals surface area contributed by atoms with E-state index in [1.807, 2.05) is 30.3 Å². The zero-order chi connectivity index (χ0) is 19.6. The Kier molecular flexibility index (Phi) is 6.07. The normalized spacial score (nSPS) is 12.0. The fourth-order valence-corrected chi connectivity index (χ4v) is 4.26. The van der Waals surface area contributed by atoms with Gasteiger partial charge in [-0.05, 0) is 65.4 Å². The molecule has 0 radical (unpaired) electrons. The number of fused-ring (bicyclic) bond motifs is 1. The van der Waals surface area contributed by atoms with E-state index in [4.69, 9.17) is 4.74 Å². The van der Waals surface area contributed by atoms with E-state index in [1.54, 1.807) is 12.1 Å². The Hall–Kier alpha value is -1.65. The van der Waals surface area contributed by atoms with Gasteiger partial charge in [-0.1, -0.05) is 13.0 Å². The van der Waals surface area contributed by atoms with Crippen LogP contribution in [0.15, 0.2) is 47.4 Å². The van der Waals surface area contributed by atoms with E-state index in [2.05, 4.69) is 39.1 Å². The second kappa shape index (κ2) is 8.15. The third kappa shape index (κ3) is 4.27. The number of benzene rings is 2. The van der Waals surface area contributed by atoms with Gasteiger partial charge in [-0.15, -0.1) is 0 Å². The Bertz CT molecular complexity index is 1060. The number of rotatable bonds is 7. The van der Waals surface area contributed by atoms with Gasteiger partial charge in [0, 0.05) is 24.2 Å². The minimum Gasteiger partial charge on any atom is -0.486 e. The maximum absolute atomic E-state index is 12.4. The molecule has 0 unspecified atom stereocenters. The Morgan fingerprint density at radius 1 is 1.19 bits per heavy atom. The smallest absolute Gasteiger partial charge is 0.242 e. The van der Waals surface area contributed by atoms with Gasteiger partial charge in [0.05, 0.1) is 15.9 Å². The van der Waals surface area contributed by atoms with Crippen LogP contribution in [0.1, 0.15) is 19.2 Å². The number of hydrogen-bond donors (Lipinski definition) is 0. The molecule has 0 saturated carbocycles. The summed E-state index contributed by atoms with van der Waals surface area (Å²) in [6, 6.07) is 12.9. The molecule has 144 valence electrons. The van der Waals surface area contributed by atoms with Crippen LogP contribution >= 0.6 is 22.6 Å². The van der Waals surface area contributed by atoms with Crippen molar-refractivity contribution in [2.45, 2.75) is 31.4 Å². The fraction of sp³-hybridized carbons (Fsp3) is 0.316. The van der Waals surface area contributed by atoms with Crippen molar-refractivity contribution in [3.8, 4) is 5.75 Å². The average molecular weight is 499 g/mol. The number of hydrogen-bond acceptors (Lipinski definition) is 4. The first-order valence-corrected chi connectivity index (χ1v) is 11.1. The summed E-state index contributed by atoms with van der Waals surface area (Å²) < 4.78 is 35.1. The number of sulfonamides is 1. The topological polar surface area (TPSA) is 64.4 Å². The van der Waals surface area contributed by atoms with Crippen molar-refractivity contribution in [1.82, 2.24) is 13.9 Å². The van der Waals surface area contributed by atoms with Gasteiger partial charge in [0.25, 0.3) is 0 Å². The second-order valence-electron chi connectivity index (χ2n) is 6.36. The van der Waals surface area contributed by atoms with Crippen molar-refractivity contribution in [1.29, 1.82) is 0 Å². The maximum Gasteiger partial charge on any atom is 0.242 e. The number of aromatic nitrogens is 2. The van der Waals surface area contributed by atoms with Gasteiger partial charge in [0.2, 0.25) is 10.0 Å². The van der Waals surface area contributed by atoms with E-state index >= 15 is 0 Å². The largest absolute Gasteiger partial charge is 0.486 e. The molecule has 0 saturated heterocycles. The van der Waals surface area contributed by atoms with Gasteiger partial charge in [0.15, 0.2) is 0 Å². The Balaban J connectivity index is 1.97. The first kappa shape index (κ1) is 20.1. The molecular weight excluding hydrogens is 477 g/mol. The Labute approximate surface area is 173 Å². The standard InChI is InChI=1S/C19H22IN3O3S/c1-4-10-23-18-9-8-16(27(24,25)22(2)3)12-17(18)21-19(23)13-26-15-7-5-6-14(20)11-15/h5-9,11-12H,4,10,13H2,1-3H3. The van der Waals surface area contributed by atoms with Crippen LogP contribution in [-0.4, -0.2) is 36.4 Å². The summed E-state index contributed by atoms with van der Waals surface area (Å²) in [4.78, 5) is 4.90. The molecule has 0 atom stereocenters. The predicted molar refractivity (Wildman–Crippen MR) is 114 cm³/mol. The van der Waals surface area contributed by atoms with Gasteiger partial charge in [-0.2, -0.15) is 0 Å². The first-order chi connectivity index (χ1) is 12.8. The molecule has 27 heavy (non-hydrogen) atoms. The molecule has 0 spiro atoms. The summed E-state index contributed by atoms with van der Waals surface area (Å²) in [5, 5.41) is 0. The van der Waals surface area contributed by atoms with Crippen LogP contribution in [0, 0.1) is 3.57 Å². The molecule has 6 nitrogen and oxygen atoms in total. The van der Waals surface area contributed by atoms with Crippen molar-refractivity contribution >= 4 is 43.6 Å². The molecule has 1 aromatic heterocycles. The number of imidazole rings is 1. The van der Waals surface area contributed by atoms with Gasteiger partial charge < -0.3 is 9.30 Å².